The molecule has 1 aromatic heterocycles. The number of hydrogen-bond acceptors (Lipinski definition) is 4. The molecule has 0 spiro atoms. The summed E-state index contributed by atoms with van der Waals surface area (Å²) < 4.78 is 20.2. The number of ether oxygens (including phenoxy) is 1. The number of nitrogens with zero attached hydrogens (tertiary/aromatic N) is 3. The van der Waals surface area contributed by atoms with Gasteiger partial charge >= 0.3 is 0 Å². The zero-order valence-electron chi connectivity index (χ0n) is 13.2. The minimum atomic E-state index is -0.238. The monoisotopic (exact) mass is 363 g/mol. The Balaban J connectivity index is 1.84. The summed E-state index contributed by atoms with van der Waals surface area (Å²) >= 11 is 7.62. The Morgan fingerprint density at radius 3 is 2.62 bits per heavy atom. The van der Waals surface area contributed by atoms with Crippen LogP contribution in [0.4, 0.5) is 4.39 Å². The van der Waals surface area contributed by atoms with Crippen LogP contribution < -0.4 is 4.74 Å². The molecule has 0 fully saturated rings. The standard InChI is InChI=1S/C17H15ClFN3OS/c1-22-16(14-9-12(18)5-8-15(14)23-2)20-21-17(22)24-10-11-3-6-13(19)7-4-11/h3-9H,10H2,1-2H3. The molecule has 1 heterocycles. The van der Waals surface area contributed by atoms with Crippen molar-refractivity contribution in [2.24, 2.45) is 7.05 Å². The highest BCUT2D eigenvalue weighted by atomic mass is 35.5. The van der Waals surface area contributed by atoms with Gasteiger partial charge < -0.3 is 9.30 Å². The second-order valence-electron chi connectivity index (χ2n) is 5.12. The van der Waals surface area contributed by atoms with Gasteiger partial charge in [0.15, 0.2) is 11.0 Å². The summed E-state index contributed by atoms with van der Waals surface area (Å²) in [6.45, 7) is 0. The first-order valence-corrected chi connectivity index (χ1v) is 8.55. The van der Waals surface area contributed by atoms with Crippen molar-refractivity contribution < 1.29 is 9.13 Å². The van der Waals surface area contributed by atoms with Crippen molar-refractivity contribution in [3.8, 4) is 17.1 Å². The van der Waals surface area contributed by atoms with Crippen molar-refractivity contribution in [1.82, 2.24) is 14.8 Å². The summed E-state index contributed by atoms with van der Waals surface area (Å²) in [5.41, 5.74) is 1.81. The van der Waals surface area contributed by atoms with Gasteiger partial charge in [-0.1, -0.05) is 35.5 Å². The summed E-state index contributed by atoms with van der Waals surface area (Å²) in [6, 6.07) is 11.8. The lowest BCUT2D eigenvalue weighted by atomic mass is 10.2. The molecule has 7 heteroatoms. The van der Waals surface area contributed by atoms with E-state index in [0.29, 0.717) is 22.3 Å². The molecule has 3 aromatic rings. The minimum absolute atomic E-state index is 0.238. The van der Waals surface area contributed by atoms with Crippen molar-refractivity contribution in [1.29, 1.82) is 0 Å². The van der Waals surface area contributed by atoms with Crippen molar-refractivity contribution in [2.75, 3.05) is 7.11 Å². The Hall–Kier alpha value is -2.05. The van der Waals surface area contributed by atoms with Crippen LogP contribution in [0.15, 0.2) is 47.6 Å². The van der Waals surface area contributed by atoms with Crippen LogP contribution in [-0.2, 0) is 12.8 Å². The number of rotatable bonds is 5. The van der Waals surface area contributed by atoms with Crippen molar-refractivity contribution in [3.63, 3.8) is 0 Å². The lowest BCUT2D eigenvalue weighted by Crippen LogP contribution is -1.97. The van der Waals surface area contributed by atoms with Gasteiger partial charge in [-0.15, -0.1) is 10.2 Å². The second kappa shape index (κ2) is 7.23. The zero-order chi connectivity index (χ0) is 17.1. The van der Waals surface area contributed by atoms with Crippen LogP contribution in [0.2, 0.25) is 5.02 Å². The molecular weight excluding hydrogens is 349 g/mol. The molecule has 0 radical (unpaired) electrons. The SMILES string of the molecule is COc1ccc(Cl)cc1-c1nnc(SCc2ccc(F)cc2)n1C. The smallest absolute Gasteiger partial charge is 0.191 e. The van der Waals surface area contributed by atoms with Gasteiger partial charge in [0.05, 0.1) is 12.7 Å². The first kappa shape index (κ1) is 16.8. The van der Waals surface area contributed by atoms with E-state index in [-0.39, 0.29) is 5.82 Å². The van der Waals surface area contributed by atoms with Crippen molar-refractivity contribution in [2.45, 2.75) is 10.9 Å². The van der Waals surface area contributed by atoms with E-state index in [1.54, 1.807) is 37.4 Å². The van der Waals surface area contributed by atoms with E-state index in [1.165, 1.54) is 23.9 Å². The van der Waals surface area contributed by atoms with Crippen LogP contribution in [0.1, 0.15) is 5.56 Å². The molecule has 4 nitrogen and oxygen atoms in total. The summed E-state index contributed by atoms with van der Waals surface area (Å²) in [5.74, 6) is 1.80. The topological polar surface area (TPSA) is 39.9 Å². The van der Waals surface area contributed by atoms with Gasteiger partial charge in [-0.3, -0.25) is 0 Å². The molecular formula is C17H15ClFN3OS. The maximum absolute atomic E-state index is 13.0. The predicted octanol–water partition coefficient (Wildman–Crippen LogP) is 4.58. The van der Waals surface area contributed by atoms with E-state index in [2.05, 4.69) is 10.2 Å². The van der Waals surface area contributed by atoms with Crippen LogP contribution in [0.25, 0.3) is 11.4 Å². The summed E-state index contributed by atoms with van der Waals surface area (Å²) in [6.07, 6.45) is 0. The average molecular weight is 364 g/mol. The average Bonchev–Trinajstić information content (AvgIpc) is 2.95. The number of hydrogen-bond donors (Lipinski definition) is 0. The van der Waals surface area contributed by atoms with Gasteiger partial charge in [0.1, 0.15) is 11.6 Å². The van der Waals surface area contributed by atoms with Crippen LogP contribution in [0.3, 0.4) is 0 Å². The minimum Gasteiger partial charge on any atom is -0.496 e. The highest BCUT2D eigenvalue weighted by Gasteiger charge is 2.15. The van der Waals surface area contributed by atoms with Gasteiger partial charge in [-0.2, -0.15) is 0 Å². The third-order valence-corrected chi connectivity index (χ3v) is 4.85. The van der Waals surface area contributed by atoms with Crippen LogP contribution in [0, 0.1) is 5.82 Å². The molecule has 124 valence electrons. The van der Waals surface area contributed by atoms with E-state index < -0.39 is 0 Å². The maximum atomic E-state index is 13.0. The van der Waals surface area contributed by atoms with Crippen molar-refractivity contribution >= 4 is 23.4 Å². The van der Waals surface area contributed by atoms with Gasteiger partial charge in [0.2, 0.25) is 0 Å². The predicted molar refractivity (Wildman–Crippen MR) is 94.0 cm³/mol. The number of aromatic nitrogens is 3. The van der Waals surface area contributed by atoms with Crippen LogP contribution >= 0.6 is 23.4 Å². The Morgan fingerprint density at radius 2 is 1.92 bits per heavy atom. The Kier molecular flexibility index (Phi) is 5.06. The molecule has 3 rings (SSSR count). The molecule has 0 atom stereocenters. The number of methoxy groups -OCH3 is 1. The molecule has 24 heavy (non-hydrogen) atoms. The van der Waals surface area contributed by atoms with Crippen LogP contribution in [0.5, 0.6) is 5.75 Å². The maximum Gasteiger partial charge on any atom is 0.191 e. The molecule has 2 aromatic carbocycles. The molecule has 0 saturated carbocycles. The first-order chi connectivity index (χ1) is 11.6. The highest BCUT2D eigenvalue weighted by molar-refractivity contribution is 7.98. The van der Waals surface area contributed by atoms with Crippen LogP contribution in [-0.4, -0.2) is 21.9 Å². The van der Waals surface area contributed by atoms with Gasteiger partial charge in [0, 0.05) is 17.8 Å². The fraction of sp³-hybridized carbons (Fsp3) is 0.176. The van der Waals surface area contributed by atoms with Gasteiger partial charge in [0.25, 0.3) is 0 Å². The zero-order valence-corrected chi connectivity index (χ0v) is 14.7. The highest BCUT2D eigenvalue weighted by Crippen LogP contribution is 2.33. The fourth-order valence-corrected chi connectivity index (χ4v) is 3.30. The van der Waals surface area contributed by atoms with E-state index in [4.69, 9.17) is 16.3 Å². The molecule has 0 aliphatic rings. The lowest BCUT2D eigenvalue weighted by molar-refractivity contribution is 0.416. The third kappa shape index (κ3) is 3.55. The molecule has 0 aliphatic heterocycles. The second-order valence-corrected chi connectivity index (χ2v) is 6.50. The fourth-order valence-electron chi connectivity index (χ4n) is 2.26. The Morgan fingerprint density at radius 1 is 1.17 bits per heavy atom. The van der Waals surface area contributed by atoms with E-state index in [0.717, 1.165) is 16.3 Å². The molecule has 0 aliphatic carbocycles. The normalized spacial score (nSPS) is 10.8. The lowest BCUT2D eigenvalue weighted by Gasteiger charge is -2.09. The molecule has 0 unspecified atom stereocenters. The van der Waals surface area contributed by atoms with E-state index >= 15 is 0 Å². The summed E-state index contributed by atoms with van der Waals surface area (Å²) in [5, 5.41) is 9.85. The largest absolute Gasteiger partial charge is 0.496 e. The number of benzene rings is 2. The Labute approximate surface area is 148 Å². The van der Waals surface area contributed by atoms with E-state index in [1.807, 2.05) is 11.6 Å². The number of halogens is 2. The third-order valence-electron chi connectivity index (χ3n) is 3.52. The quantitative estimate of drug-likeness (QED) is 0.622. The Bertz CT molecular complexity index is 852. The molecule has 0 bridgehead atoms. The summed E-state index contributed by atoms with van der Waals surface area (Å²) in [4.78, 5) is 0. The first-order valence-electron chi connectivity index (χ1n) is 7.19. The molecule has 0 saturated heterocycles. The van der Waals surface area contributed by atoms with Crippen molar-refractivity contribution in [3.05, 3.63) is 58.9 Å². The number of thioether (sulfide) groups is 1. The van der Waals surface area contributed by atoms with Gasteiger partial charge in [-0.05, 0) is 35.9 Å². The molecule has 0 N–H and O–H groups in total. The molecule has 0 amide bonds. The summed E-state index contributed by atoms with van der Waals surface area (Å²) in [7, 11) is 3.50. The van der Waals surface area contributed by atoms with E-state index in [9.17, 15) is 4.39 Å². The van der Waals surface area contributed by atoms with Gasteiger partial charge in [-0.25, -0.2) is 4.39 Å².